The number of pyridine rings is 2. The van der Waals surface area contributed by atoms with Gasteiger partial charge in [0.2, 0.25) is 5.95 Å². The first-order valence-electron chi connectivity index (χ1n) is 10.5. The highest BCUT2D eigenvalue weighted by atomic mass is 16.2. The summed E-state index contributed by atoms with van der Waals surface area (Å²) in [5.41, 5.74) is 8.59. The van der Waals surface area contributed by atoms with Crippen molar-refractivity contribution in [2.75, 3.05) is 5.43 Å². The normalized spacial score (nSPS) is 10.9. The lowest BCUT2D eigenvalue weighted by atomic mass is 10.0. The van der Waals surface area contributed by atoms with Crippen LogP contribution in [-0.4, -0.2) is 25.4 Å². The summed E-state index contributed by atoms with van der Waals surface area (Å²) in [7, 11) is 0. The van der Waals surface area contributed by atoms with E-state index in [1.807, 2.05) is 49.4 Å². The summed E-state index contributed by atoms with van der Waals surface area (Å²) in [6.07, 6.45) is 3.37. The topological polar surface area (TPSA) is 102 Å². The number of carbonyl (C=O) groups excluding carboxylic acids is 1. The number of hydrogen-bond donors (Lipinski definition) is 2. The summed E-state index contributed by atoms with van der Waals surface area (Å²) in [6.45, 7) is 2.25. The molecular weight excluding hydrogens is 416 g/mol. The molecule has 0 radical (unpaired) electrons. The molecule has 0 aliphatic rings. The van der Waals surface area contributed by atoms with E-state index in [0.717, 1.165) is 5.56 Å². The van der Waals surface area contributed by atoms with Crippen LogP contribution in [0.15, 0.2) is 83.9 Å². The molecule has 0 fully saturated rings. The first-order valence-corrected chi connectivity index (χ1v) is 10.5. The first kappa shape index (κ1) is 20.3. The summed E-state index contributed by atoms with van der Waals surface area (Å²) in [5.74, 6) is -0.101. The van der Waals surface area contributed by atoms with Gasteiger partial charge >= 0.3 is 0 Å². The van der Waals surface area contributed by atoms with Gasteiger partial charge in [-0.15, -0.1) is 0 Å². The predicted octanol–water partition coefficient (Wildman–Crippen LogP) is 3.78. The van der Waals surface area contributed by atoms with Crippen molar-refractivity contribution < 1.29 is 4.79 Å². The van der Waals surface area contributed by atoms with E-state index in [4.69, 9.17) is 4.98 Å². The first-order chi connectivity index (χ1) is 16.2. The minimum absolute atomic E-state index is 0.172. The molecule has 3 heterocycles. The van der Waals surface area contributed by atoms with Crippen molar-refractivity contribution in [3.05, 3.63) is 95.0 Å². The van der Waals surface area contributed by atoms with E-state index in [-0.39, 0.29) is 17.4 Å². The van der Waals surface area contributed by atoms with Gasteiger partial charge in [0, 0.05) is 29.9 Å². The Bertz CT molecular complexity index is 1550. The standard InChI is InChI=1S/C25H20N6O2/c1-2-31-24(33)18-8-4-6-10-21(18)28-25(31)30-29-23(32)19-15-22(16-11-13-26-14-12-16)27-20-9-5-3-7-17(19)20/h3-15H,2H2,1H3,(H,28,30)(H,29,32). The van der Waals surface area contributed by atoms with Crippen molar-refractivity contribution in [3.8, 4) is 11.3 Å². The van der Waals surface area contributed by atoms with Gasteiger partial charge in [-0.3, -0.25) is 30.0 Å². The smallest absolute Gasteiger partial charge is 0.270 e. The fourth-order valence-corrected chi connectivity index (χ4v) is 3.77. The summed E-state index contributed by atoms with van der Waals surface area (Å²) in [4.78, 5) is 39.3. The molecule has 0 atom stereocenters. The highest BCUT2D eigenvalue weighted by Crippen LogP contribution is 2.24. The van der Waals surface area contributed by atoms with Crippen molar-refractivity contribution in [2.24, 2.45) is 0 Å². The minimum atomic E-state index is -0.367. The maximum Gasteiger partial charge on any atom is 0.270 e. The van der Waals surface area contributed by atoms with Crippen LogP contribution < -0.4 is 16.4 Å². The van der Waals surface area contributed by atoms with Crippen LogP contribution in [0, 0.1) is 0 Å². The molecule has 0 spiro atoms. The maximum absolute atomic E-state index is 13.2. The fraction of sp³-hybridized carbons (Fsp3) is 0.0800. The Morgan fingerprint density at radius 3 is 2.30 bits per heavy atom. The van der Waals surface area contributed by atoms with Crippen LogP contribution in [0.4, 0.5) is 5.95 Å². The number of amides is 1. The monoisotopic (exact) mass is 436 g/mol. The Labute approximate surface area is 188 Å². The van der Waals surface area contributed by atoms with Crippen LogP contribution in [0.1, 0.15) is 17.3 Å². The van der Waals surface area contributed by atoms with E-state index in [0.29, 0.717) is 39.6 Å². The third-order valence-electron chi connectivity index (χ3n) is 5.40. The van der Waals surface area contributed by atoms with Crippen molar-refractivity contribution >= 4 is 33.7 Å². The lowest BCUT2D eigenvalue weighted by molar-refractivity contribution is 0.0963. The largest absolute Gasteiger partial charge is 0.277 e. The second-order valence-electron chi connectivity index (χ2n) is 7.39. The molecular formula is C25H20N6O2. The van der Waals surface area contributed by atoms with Crippen LogP contribution in [0.2, 0.25) is 0 Å². The number of hydrazine groups is 1. The molecule has 0 bridgehead atoms. The minimum Gasteiger partial charge on any atom is -0.277 e. The molecule has 2 N–H and O–H groups in total. The highest BCUT2D eigenvalue weighted by Gasteiger charge is 2.15. The van der Waals surface area contributed by atoms with Crippen LogP contribution >= 0.6 is 0 Å². The lowest BCUT2D eigenvalue weighted by Gasteiger charge is -2.15. The number of fused-ring (bicyclic) bond motifs is 2. The molecule has 8 heteroatoms. The van der Waals surface area contributed by atoms with Gasteiger partial charge in [0.25, 0.3) is 11.5 Å². The van der Waals surface area contributed by atoms with Crippen LogP contribution in [0.3, 0.4) is 0 Å². The molecule has 3 aromatic heterocycles. The molecule has 0 saturated carbocycles. The molecule has 0 aliphatic heterocycles. The van der Waals surface area contributed by atoms with E-state index in [1.54, 1.807) is 36.7 Å². The molecule has 0 unspecified atom stereocenters. The second kappa shape index (κ2) is 8.51. The SMILES string of the molecule is CCn1c(NNC(=O)c2cc(-c3ccncc3)nc3ccccc23)nc2ccccc2c1=O. The summed E-state index contributed by atoms with van der Waals surface area (Å²) < 4.78 is 1.48. The Kier molecular flexibility index (Phi) is 5.24. The van der Waals surface area contributed by atoms with Gasteiger partial charge in [-0.1, -0.05) is 30.3 Å². The van der Waals surface area contributed by atoms with E-state index < -0.39 is 0 Å². The number of para-hydroxylation sites is 2. The Morgan fingerprint density at radius 1 is 0.909 bits per heavy atom. The van der Waals surface area contributed by atoms with Crippen molar-refractivity contribution in [3.63, 3.8) is 0 Å². The van der Waals surface area contributed by atoms with Crippen LogP contribution in [0.25, 0.3) is 33.1 Å². The van der Waals surface area contributed by atoms with Gasteiger partial charge in [-0.25, -0.2) is 9.97 Å². The Balaban J connectivity index is 1.52. The summed E-state index contributed by atoms with van der Waals surface area (Å²) in [6, 6.07) is 20.0. The molecule has 0 aliphatic carbocycles. The number of nitrogens with one attached hydrogen (secondary N) is 2. The molecule has 8 nitrogen and oxygen atoms in total. The average molecular weight is 436 g/mol. The summed E-state index contributed by atoms with van der Waals surface area (Å²) in [5, 5.41) is 1.24. The van der Waals surface area contributed by atoms with Crippen molar-refractivity contribution in [1.29, 1.82) is 0 Å². The number of nitrogens with zero attached hydrogens (tertiary/aromatic N) is 4. The van der Waals surface area contributed by atoms with Gasteiger partial charge in [0.15, 0.2) is 0 Å². The predicted molar refractivity (Wildman–Crippen MR) is 128 cm³/mol. The zero-order chi connectivity index (χ0) is 22.8. The number of rotatable bonds is 5. The Hall–Kier alpha value is -4.59. The van der Waals surface area contributed by atoms with Crippen molar-refractivity contribution in [1.82, 2.24) is 24.9 Å². The number of aromatic nitrogens is 4. The number of carbonyl (C=O) groups is 1. The lowest BCUT2D eigenvalue weighted by Crippen LogP contribution is -2.34. The third kappa shape index (κ3) is 3.78. The van der Waals surface area contributed by atoms with Gasteiger partial charge in [-0.2, -0.15) is 0 Å². The third-order valence-corrected chi connectivity index (χ3v) is 5.40. The molecule has 33 heavy (non-hydrogen) atoms. The highest BCUT2D eigenvalue weighted by molar-refractivity contribution is 6.07. The Morgan fingerprint density at radius 2 is 1.58 bits per heavy atom. The quantitative estimate of drug-likeness (QED) is 0.407. The zero-order valence-corrected chi connectivity index (χ0v) is 17.8. The van der Waals surface area contributed by atoms with Crippen molar-refractivity contribution in [2.45, 2.75) is 13.5 Å². The number of anilines is 1. The molecule has 1 amide bonds. The maximum atomic E-state index is 13.2. The zero-order valence-electron chi connectivity index (χ0n) is 17.8. The molecule has 0 saturated heterocycles. The second-order valence-corrected chi connectivity index (χ2v) is 7.39. The number of hydrogen-bond acceptors (Lipinski definition) is 6. The van der Waals surface area contributed by atoms with Gasteiger partial charge in [-0.05, 0) is 43.3 Å². The average Bonchev–Trinajstić information content (AvgIpc) is 2.87. The summed E-state index contributed by atoms with van der Waals surface area (Å²) >= 11 is 0. The molecule has 162 valence electrons. The number of benzene rings is 2. The molecule has 5 rings (SSSR count). The van der Waals surface area contributed by atoms with E-state index in [1.165, 1.54) is 4.57 Å². The molecule has 5 aromatic rings. The van der Waals surface area contributed by atoms with Gasteiger partial charge in [0.1, 0.15) is 0 Å². The van der Waals surface area contributed by atoms with Gasteiger partial charge < -0.3 is 0 Å². The molecule has 2 aromatic carbocycles. The van der Waals surface area contributed by atoms with Gasteiger partial charge in [0.05, 0.1) is 27.7 Å². The van der Waals surface area contributed by atoms with E-state index in [2.05, 4.69) is 20.8 Å². The van der Waals surface area contributed by atoms with Crippen LogP contribution in [-0.2, 0) is 6.54 Å². The van der Waals surface area contributed by atoms with E-state index >= 15 is 0 Å². The van der Waals surface area contributed by atoms with Crippen LogP contribution in [0.5, 0.6) is 0 Å². The van der Waals surface area contributed by atoms with E-state index in [9.17, 15) is 9.59 Å². The fourth-order valence-electron chi connectivity index (χ4n) is 3.77.